The summed E-state index contributed by atoms with van der Waals surface area (Å²) in [7, 11) is 0. The minimum Gasteiger partial charge on any atom is -0.330 e. The van der Waals surface area contributed by atoms with Crippen LogP contribution in [0.25, 0.3) is 0 Å². The summed E-state index contributed by atoms with van der Waals surface area (Å²) in [6, 6.07) is 0. The van der Waals surface area contributed by atoms with Crippen LogP contribution in [0.1, 0.15) is 36.4 Å². The molecule has 3 N–H and O–H groups in total. The first kappa shape index (κ1) is 14.0. The van der Waals surface area contributed by atoms with Gasteiger partial charge in [-0.15, -0.1) is 11.3 Å². The van der Waals surface area contributed by atoms with Gasteiger partial charge in [0.1, 0.15) is 0 Å². The molecule has 0 unspecified atom stereocenters. The second-order valence-corrected chi connectivity index (χ2v) is 6.50. The van der Waals surface area contributed by atoms with E-state index in [0.717, 1.165) is 31.3 Å². The Morgan fingerprint density at radius 3 is 2.67 bits per heavy atom. The fourth-order valence-corrected chi connectivity index (χ4v) is 3.36. The monoisotopic (exact) mass is 267 g/mol. The van der Waals surface area contributed by atoms with Gasteiger partial charge in [0, 0.05) is 18.3 Å². The van der Waals surface area contributed by atoms with Gasteiger partial charge in [-0.3, -0.25) is 0 Å². The number of hydrogen-bond donors (Lipinski definition) is 2. The predicted octanol–water partition coefficient (Wildman–Crippen LogP) is 2.35. The van der Waals surface area contributed by atoms with Crippen LogP contribution in [-0.4, -0.2) is 24.6 Å². The molecule has 0 spiro atoms. The van der Waals surface area contributed by atoms with Crippen molar-refractivity contribution in [2.24, 2.45) is 17.6 Å². The van der Waals surface area contributed by atoms with Crippen LogP contribution in [-0.2, 0) is 6.42 Å². The second kappa shape index (κ2) is 7.22. The first-order valence-corrected chi connectivity index (χ1v) is 7.97. The maximum absolute atomic E-state index is 5.72. The van der Waals surface area contributed by atoms with E-state index in [1.165, 1.54) is 42.9 Å². The van der Waals surface area contributed by atoms with Gasteiger partial charge in [-0.05, 0) is 57.5 Å². The smallest absolute Gasteiger partial charge is 0.0897 e. The van der Waals surface area contributed by atoms with Gasteiger partial charge in [0.15, 0.2) is 0 Å². The van der Waals surface area contributed by atoms with Gasteiger partial charge < -0.3 is 11.1 Å². The Balaban J connectivity index is 1.56. The van der Waals surface area contributed by atoms with Crippen LogP contribution in [0.15, 0.2) is 5.38 Å². The molecule has 0 atom stereocenters. The lowest BCUT2D eigenvalue weighted by molar-refractivity contribution is 0.273. The third-order valence-electron chi connectivity index (χ3n) is 3.96. The van der Waals surface area contributed by atoms with Crippen molar-refractivity contribution in [2.45, 2.75) is 39.0 Å². The first-order valence-electron chi connectivity index (χ1n) is 7.09. The number of thiazole rings is 1. The Morgan fingerprint density at radius 1 is 1.33 bits per heavy atom. The maximum atomic E-state index is 5.72. The van der Waals surface area contributed by atoms with Crippen molar-refractivity contribution in [2.75, 3.05) is 19.6 Å². The van der Waals surface area contributed by atoms with Crippen LogP contribution >= 0.6 is 11.3 Å². The number of hydrogen-bond acceptors (Lipinski definition) is 4. The van der Waals surface area contributed by atoms with Crippen LogP contribution < -0.4 is 11.1 Å². The van der Waals surface area contributed by atoms with Crippen LogP contribution in [0.4, 0.5) is 0 Å². The Hall–Kier alpha value is -0.450. The minimum absolute atomic E-state index is 0.791. The normalized spacial score (nSPS) is 24.3. The third kappa shape index (κ3) is 4.34. The summed E-state index contributed by atoms with van der Waals surface area (Å²) in [5, 5.41) is 6.92. The number of nitrogens with one attached hydrogen (secondary N) is 1. The molecule has 0 saturated heterocycles. The molecule has 0 aromatic carbocycles. The maximum Gasteiger partial charge on any atom is 0.0897 e. The molecule has 0 bridgehead atoms. The lowest BCUT2D eigenvalue weighted by Gasteiger charge is -2.27. The highest BCUT2D eigenvalue weighted by molar-refractivity contribution is 7.09. The highest BCUT2D eigenvalue weighted by Crippen LogP contribution is 2.27. The number of aromatic nitrogens is 1. The van der Waals surface area contributed by atoms with Crippen molar-refractivity contribution < 1.29 is 0 Å². The summed E-state index contributed by atoms with van der Waals surface area (Å²) in [5.74, 6) is 1.66. The van der Waals surface area contributed by atoms with E-state index in [1.807, 2.05) is 0 Å². The fourth-order valence-electron chi connectivity index (χ4n) is 2.72. The number of nitrogens with zero attached hydrogens (tertiary/aromatic N) is 1. The molecule has 1 saturated carbocycles. The lowest BCUT2D eigenvalue weighted by atomic mass is 9.82. The average molecular weight is 267 g/mol. The molecule has 0 aliphatic heterocycles. The van der Waals surface area contributed by atoms with Crippen LogP contribution in [0.5, 0.6) is 0 Å². The molecule has 0 amide bonds. The summed E-state index contributed by atoms with van der Waals surface area (Å²) < 4.78 is 0. The molecule has 1 aliphatic carbocycles. The highest BCUT2D eigenvalue weighted by atomic mass is 32.1. The molecule has 3 nitrogen and oxygen atoms in total. The zero-order valence-electron chi connectivity index (χ0n) is 11.3. The molecule has 1 fully saturated rings. The molecule has 18 heavy (non-hydrogen) atoms. The largest absolute Gasteiger partial charge is 0.330 e. The molecule has 0 radical (unpaired) electrons. The lowest BCUT2D eigenvalue weighted by Crippen LogP contribution is -2.29. The standard InChI is InChI=1S/C14H25N3S/c1-11-17-14(10-18-11)6-7-16-9-13-4-2-12(8-15)3-5-13/h10,12-13,16H,2-9,15H2,1H3. The van der Waals surface area contributed by atoms with Gasteiger partial charge in [0.2, 0.25) is 0 Å². The number of rotatable bonds is 6. The van der Waals surface area contributed by atoms with Gasteiger partial charge in [-0.25, -0.2) is 4.98 Å². The van der Waals surface area contributed by atoms with Crippen molar-refractivity contribution in [3.05, 3.63) is 16.1 Å². The van der Waals surface area contributed by atoms with E-state index in [9.17, 15) is 0 Å². The molecule has 4 heteroatoms. The van der Waals surface area contributed by atoms with Crippen molar-refractivity contribution in [1.29, 1.82) is 0 Å². The average Bonchev–Trinajstić information content (AvgIpc) is 2.81. The molecule has 1 aromatic heterocycles. The molecule has 2 rings (SSSR count). The van der Waals surface area contributed by atoms with E-state index in [0.29, 0.717) is 0 Å². The van der Waals surface area contributed by atoms with E-state index in [1.54, 1.807) is 11.3 Å². The topological polar surface area (TPSA) is 50.9 Å². The summed E-state index contributed by atoms with van der Waals surface area (Å²) in [6.07, 6.45) is 6.42. The summed E-state index contributed by atoms with van der Waals surface area (Å²) in [6.45, 7) is 5.17. The quantitative estimate of drug-likeness (QED) is 0.778. The van der Waals surface area contributed by atoms with Crippen LogP contribution in [0, 0.1) is 18.8 Å². The molecule has 1 aliphatic rings. The Bertz CT molecular complexity index is 343. The Labute approximate surface area is 114 Å². The molecular weight excluding hydrogens is 242 g/mol. The van der Waals surface area contributed by atoms with Crippen LogP contribution in [0.2, 0.25) is 0 Å². The second-order valence-electron chi connectivity index (χ2n) is 5.43. The van der Waals surface area contributed by atoms with E-state index >= 15 is 0 Å². The summed E-state index contributed by atoms with van der Waals surface area (Å²) >= 11 is 1.74. The van der Waals surface area contributed by atoms with E-state index in [2.05, 4.69) is 22.6 Å². The molecule has 102 valence electrons. The Kier molecular flexibility index (Phi) is 5.60. The van der Waals surface area contributed by atoms with Crippen LogP contribution in [0.3, 0.4) is 0 Å². The van der Waals surface area contributed by atoms with E-state index < -0.39 is 0 Å². The summed E-state index contributed by atoms with van der Waals surface area (Å²) in [4.78, 5) is 4.48. The van der Waals surface area contributed by atoms with Gasteiger partial charge in [-0.2, -0.15) is 0 Å². The van der Waals surface area contributed by atoms with E-state index in [4.69, 9.17) is 5.73 Å². The minimum atomic E-state index is 0.791. The van der Waals surface area contributed by atoms with Gasteiger partial charge in [-0.1, -0.05) is 0 Å². The van der Waals surface area contributed by atoms with Gasteiger partial charge in [0.25, 0.3) is 0 Å². The molecule has 1 heterocycles. The third-order valence-corrected chi connectivity index (χ3v) is 4.78. The fraction of sp³-hybridized carbons (Fsp3) is 0.786. The van der Waals surface area contributed by atoms with Crippen molar-refractivity contribution in [1.82, 2.24) is 10.3 Å². The number of nitrogens with two attached hydrogens (primary N) is 1. The highest BCUT2D eigenvalue weighted by Gasteiger charge is 2.19. The van der Waals surface area contributed by atoms with E-state index in [-0.39, 0.29) is 0 Å². The van der Waals surface area contributed by atoms with Crippen molar-refractivity contribution >= 4 is 11.3 Å². The predicted molar refractivity (Wildman–Crippen MR) is 77.9 cm³/mol. The molecule has 1 aromatic rings. The van der Waals surface area contributed by atoms with Crippen molar-refractivity contribution in [3.8, 4) is 0 Å². The first-order chi connectivity index (χ1) is 8.78. The van der Waals surface area contributed by atoms with Crippen molar-refractivity contribution in [3.63, 3.8) is 0 Å². The zero-order valence-corrected chi connectivity index (χ0v) is 12.1. The molecular formula is C14H25N3S. The van der Waals surface area contributed by atoms with Gasteiger partial charge >= 0.3 is 0 Å². The summed E-state index contributed by atoms with van der Waals surface area (Å²) in [5.41, 5.74) is 6.95. The zero-order chi connectivity index (χ0) is 12.8. The van der Waals surface area contributed by atoms with Gasteiger partial charge in [0.05, 0.1) is 10.7 Å². The Morgan fingerprint density at radius 2 is 2.06 bits per heavy atom. The SMILES string of the molecule is Cc1nc(CCNCC2CCC(CN)CC2)cs1. The number of aryl methyl sites for hydroxylation is 1.